The second-order valence-corrected chi connectivity index (χ2v) is 14.8. The number of aromatic nitrogens is 1. The second kappa shape index (κ2) is 13.7. The zero-order valence-corrected chi connectivity index (χ0v) is 28.4. The number of nitrogens with zero attached hydrogens (tertiary/aromatic N) is 3. The SMILES string of the molecule is CC.COc1ccc(C(=O)Nc2ccc(F)c(C3CS(=O)(=O)C4(CNC4)C(N(C(=O)OC(C)(C)C)C(=O)OC(C)(C)C)=N3)c2)nc1. The van der Waals surface area contributed by atoms with Crippen LogP contribution in [0.3, 0.4) is 0 Å². The quantitative estimate of drug-likeness (QED) is 0.460. The minimum absolute atomic E-state index is 0.0574. The van der Waals surface area contributed by atoms with Gasteiger partial charge in [0.15, 0.2) is 14.6 Å². The molecule has 15 heteroatoms. The number of sulfone groups is 1. The summed E-state index contributed by atoms with van der Waals surface area (Å²) in [5.74, 6) is -2.02. The molecule has 3 amide bonds. The van der Waals surface area contributed by atoms with Crippen LogP contribution in [0.5, 0.6) is 5.75 Å². The molecule has 13 nitrogen and oxygen atoms in total. The molecule has 1 saturated heterocycles. The Kier molecular flexibility index (Phi) is 10.8. The number of amidine groups is 1. The topological polar surface area (TPSA) is 166 Å². The monoisotopic (exact) mass is 663 g/mol. The number of nitrogens with one attached hydrogen (secondary N) is 2. The van der Waals surface area contributed by atoms with E-state index in [1.807, 2.05) is 13.8 Å². The Balaban J connectivity index is 0.00000282. The minimum Gasteiger partial charge on any atom is -0.495 e. The third-order valence-corrected chi connectivity index (χ3v) is 9.08. The highest BCUT2D eigenvalue weighted by atomic mass is 32.2. The van der Waals surface area contributed by atoms with Crippen LogP contribution < -0.4 is 15.4 Å². The number of halogens is 1. The zero-order valence-electron chi connectivity index (χ0n) is 27.6. The van der Waals surface area contributed by atoms with Gasteiger partial charge < -0.3 is 24.8 Å². The standard InChI is InChI=1S/C29H36FN5O8S.C2H6/c1-27(2,3)42-25(37)35(26(38)43-28(4,5)6)24-29(15-31-16-29)44(39,40)14-22(34-24)19-12-17(8-10-20(19)30)33-23(36)21-11-9-18(41-7)13-32-21;1-2/h8-13,22,31H,14-16H2,1-7H3,(H,33,36);1-2H3. The molecule has 3 heterocycles. The van der Waals surface area contributed by atoms with E-state index in [1.54, 1.807) is 47.6 Å². The predicted octanol–water partition coefficient (Wildman–Crippen LogP) is 4.89. The molecule has 1 spiro atoms. The zero-order chi connectivity index (χ0) is 34.7. The number of hydrogen-bond acceptors (Lipinski definition) is 11. The number of hydrogen-bond donors (Lipinski definition) is 2. The van der Waals surface area contributed by atoms with E-state index in [4.69, 9.17) is 14.2 Å². The van der Waals surface area contributed by atoms with E-state index in [0.717, 1.165) is 6.07 Å². The molecule has 1 fully saturated rings. The van der Waals surface area contributed by atoms with Crippen molar-refractivity contribution in [1.29, 1.82) is 0 Å². The average molecular weight is 664 g/mol. The molecule has 2 aliphatic heterocycles. The lowest BCUT2D eigenvalue weighted by atomic mass is 9.98. The summed E-state index contributed by atoms with van der Waals surface area (Å²) in [6.45, 7) is 13.2. The molecule has 0 bridgehead atoms. The Bertz CT molecular complexity index is 1570. The van der Waals surface area contributed by atoms with Gasteiger partial charge in [-0.05, 0) is 71.9 Å². The van der Waals surface area contributed by atoms with E-state index >= 15 is 4.39 Å². The Labute approximate surface area is 268 Å². The fraction of sp³-hybridized carbons (Fsp3) is 0.516. The van der Waals surface area contributed by atoms with Gasteiger partial charge in [0.2, 0.25) is 0 Å². The van der Waals surface area contributed by atoms with Crippen molar-refractivity contribution < 1.29 is 41.4 Å². The lowest BCUT2D eigenvalue weighted by molar-refractivity contribution is 0.0136. The molecule has 0 saturated carbocycles. The minimum atomic E-state index is -4.16. The first kappa shape index (κ1) is 36.4. The summed E-state index contributed by atoms with van der Waals surface area (Å²) in [4.78, 5) is 48.7. The van der Waals surface area contributed by atoms with Crippen LogP contribution in [0.2, 0.25) is 0 Å². The number of methoxy groups -OCH3 is 1. The predicted molar refractivity (Wildman–Crippen MR) is 170 cm³/mol. The van der Waals surface area contributed by atoms with Crippen molar-refractivity contribution in [2.24, 2.45) is 4.99 Å². The Morgan fingerprint density at radius 2 is 1.59 bits per heavy atom. The van der Waals surface area contributed by atoms with Crippen LogP contribution in [-0.2, 0) is 19.3 Å². The molecular weight excluding hydrogens is 621 g/mol. The van der Waals surface area contributed by atoms with Crippen LogP contribution in [0.25, 0.3) is 0 Å². The summed E-state index contributed by atoms with van der Waals surface area (Å²) < 4.78 is 57.2. The maximum Gasteiger partial charge on any atom is 0.425 e. The molecule has 2 aliphatic rings. The van der Waals surface area contributed by atoms with Gasteiger partial charge in [-0.3, -0.25) is 9.79 Å². The molecule has 0 aliphatic carbocycles. The number of ether oxygens (including phenoxy) is 3. The van der Waals surface area contributed by atoms with Crippen molar-refractivity contribution in [3.05, 3.63) is 53.6 Å². The third-order valence-electron chi connectivity index (χ3n) is 6.66. The van der Waals surface area contributed by atoms with Gasteiger partial charge in [0.25, 0.3) is 5.91 Å². The van der Waals surface area contributed by atoms with Crippen LogP contribution in [0.4, 0.5) is 19.7 Å². The van der Waals surface area contributed by atoms with Gasteiger partial charge in [-0.25, -0.2) is 27.4 Å². The summed E-state index contributed by atoms with van der Waals surface area (Å²) in [7, 11) is -2.70. The van der Waals surface area contributed by atoms with Crippen LogP contribution in [0, 0.1) is 5.82 Å². The molecule has 252 valence electrons. The summed E-state index contributed by atoms with van der Waals surface area (Å²) >= 11 is 0. The number of carbonyl (C=O) groups is 3. The highest BCUT2D eigenvalue weighted by Gasteiger charge is 2.60. The largest absolute Gasteiger partial charge is 0.495 e. The lowest BCUT2D eigenvalue weighted by Crippen LogP contribution is -2.74. The maximum atomic E-state index is 15.3. The van der Waals surface area contributed by atoms with Crippen LogP contribution in [0.15, 0.2) is 41.5 Å². The molecule has 1 atom stereocenters. The van der Waals surface area contributed by atoms with E-state index in [-0.39, 0.29) is 30.0 Å². The number of imide groups is 1. The fourth-order valence-electron chi connectivity index (χ4n) is 4.53. The number of rotatable bonds is 4. The van der Waals surface area contributed by atoms with Gasteiger partial charge in [-0.1, -0.05) is 13.8 Å². The Hall–Kier alpha value is -4.11. The van der Waals surface area contributed by atoms with E-state index in [9.17, 15) is 22.8 Å². The average Bonchev–Trinajstić information content (AvgIpc) is 2.91. The number of amides is 3. The van der Waals surface area contributed by atoms with Crippen LogP contribution in [0.1, 0.15) is 77.5 Å². The molecule has 2 aromatic rings. The van der Waals surface area contributed by atoms with Gasteiger partial charge in [0, 0.05) is 24.3 Å². The van der Waals surface area contributed by atoms with Gasteiger partial charge >= 0.3 is 12.2 Å². The summed E-state index contributed by atoms with van der Waals surface area (Å²) in [6, 6.07) is 5.21. The fourth-order valence-corrected chi connectivity index (χ4v) is 6.58. The van der Waals surface area contributed by atoms with Crippen molar-refractivity contribution in [1.82, 2.24) is 15.2 Å². The first-order chi connectivity index (χ1) is 21.4. The molecule has 46 heavy (non-hydrogen) atoms. The molecule has 1 aromatic carbocycles. The Morgan fingerprint density at radius 1 is 1.00 bits per heavy atom. The lowest BCUT2D eigenvalue weighted by Gasteiger charge is -2.47. The first-order valence-electron chi connectivity index (χ1n) is 14.7. The number of benzene rings is 1. The highest BCUT2D eigenvalue weighted by molar-refractivity contribution is 7.93. The summed E-state index contributed by atoms with van der Waals surface area (Å²) in [6.07, 6.45) is -1.03. The number of aliphatic imine (C=N–C) groups is 1. The van der Waals surface area contributed by atoms with Crippen molar-refractivity contribution in [2.75, 3.05) is 31.3 Å². The highest BCUT2D eigenvalue weighted by Crippen LogP contribution is 2.39. The molecule has 4 rings (SSSR count). The number of pyridine rings is 1. The van der Waals surface area contributed by atoms with Gasteiger partial charge in [-0.15, -0.1) is 0 Å². The summed E-state index contributed by atoms with van der Waals surface area (Å²) in [5.41, 5.74) is -2.11. The smallest absolute Gasteiger partial charge is 0.425 e. The van der Waals surface area contributed by atoms with Gasteiger partial charge in [0.1, 0.15) is 34.3 Å². The van der Waals surface area contributed by atoms with Crippen molar-refractivity contribution >= 4 is 39.5 Å². The van der Waals surface area contributed by atoms with Gasteiger partial charge in [-0.2, -0.15) is 4.90 Å². The van der Waals surface area contributed by atoms with E-state index in [2.05, 4.69) is 20.6 Å². The molecule has 1 aromatic heterocycles. The van der Waals surface area contributed by atoms with Crippen molar-refractivity contribution in [2.45, 2.75) is 77.4 Å². The molecule has 1 unspecified atom stereocenters. The van der Waals surface area contributed by atoms with Gasteiger partial charge in [0.05, 0.1) is 25.1 Å². The number of anilines is 1. The normalized spacial score (nSPS) is 18.1. The molecule has 2 N–H and O–H groups in total. The summed E-state index contributed by atoms with van der Waals surface area (Å²) in [5, 5.41) is 5.49. The third kappa shape index (κ3) is 7.99. The van der Waals surface area contributed by atoms with Crippen LogP contribution in [-0.4, -0.2) is 84.1 Å². The van der Waals surface area contributed by atoms with E-state index in [0.29, 0.717) is 10.6 Å². The second-order valence-electron chi connectivity index (χ2n) is 12.4. The van der Waals surface area contributed by atoms with Crippen molar-refractivity contribution in [3.8, 4) is 5.75 Å². The van der Waals surface area contributed by atoms with E-state index < -0.39 is 67.3 Å². The molecule has 0 radical (unpaired) electrons. The van der Waals surface area contributed by atoms with Crippen LogP contribution >= 0.6 is 0 Å². The maximum absolute atomic E-state index is 15.3. The van der Waals surface area contributed by atoms with Crippen molar-refractivity contribution in [3.63, 3.8) is 0 Å². The van der Waals surface area contributed by atoms with E-state index in [1.165, 1.54) is 31.5 Å². The molecular formula is C31H42FN5O8S. The Morgan fingerprint density at radius 3 is 2.04 bits per heavy atom. The first-order valence-corrected chi connectivity index (χ1v) is 16.4. The number of carbonyl (C=O) groups excluding carboxylic acids is 3.